The summed E-state index contributed by atoms with van der Waals surface area (Å²) in [6, 6.07) is 7.26. The quantitative estimate of drug-likeness (QED) is 0.811. The predicted molar refractivity (Wildman–Crippen MR) is 80.6 cm³/mol. The van der Waals surface area contributed by atoms with Gasteiger partial charge in [0, 0.05) is 31.5 Å². The number of amides is 1. The smallest absolute Gasteiger partial charge is 0.240 e. The van der Waals surface area contributed by atoms with E-state index in [-0.39, 0.29) is 5.91 Å². The second-order valence-electron chi connectivity index (χ2n) is 5.82. The summed E-state index contributed by atoms with van der Waals surface area (Å²) >= 11 is 0. The number of carbonyl (C=O) groups excluding carboxylic acids is 1. The highest BCUT2D eigenvalue weighted by Crippen LogP contribution is 2.21. The van der Waals surface area contributed by atoms with E-state index in [1.54, 1.807) is 24.1 Å². The number of hydrogen-bond donors (Lipinski definition) is 2. The van der Waals surface area contributed by atoms with Gasteiger partial charge in [-0.05, 0) is 44.0 Å². The Bertz CT molecular complexity index is 461. The number of aliphatic hydroxyl groups is 1. The summed E-state index contributed by atoms with van der Waals surface area (Å²) in [6.45, 7) is 3.76. The van der Waals surface area contributed by atoms with Gasteiger partial charge < -0.3 is 15.7 Å². The van der Waals surface area contributed by atoms with E-state index in [9.17, 15) is 9.90 Å². The molecule has 5 nitrogen and oxygen atoms in total. The minimum absolute atomic E-state index is 0.0521. The number of anilines is 2. The fourth-order valence-corrected chi connectivity index (χ4v) is 2.33. The summed E-state index contributed by atoms with van der Waals surface area (Å²) in [5.41, 5.74) is 6.59. The molecule has 1 saturated heterocycles. The van der Waals surface area contributed by atoms with Crippen LogP contribution in [0.15, 0.2) is 24.3 Å². The first-order valence-electron chi connectivity index (χ1n) is 6.94. The third-order valence-electron chi connectivity index (χ3n) is 3.95. The van der Waals surface area contributed by atoms with Gasteiger partial charge in [0.15, 0.2) is 0 Å². The van der Waals surface area contributed by atoms with E-state index in [1.807, 2.05) is 19.1 Å². The van der Waals surface area contributed by atoms with Crippen LogP contribution in [-0.2, 0) is 4.79 Å². The van der Waals surface area contributed by atoms with Crippen molar-refractivity contribution >= 4 is 17.3 Å². The van der Waals surface area contributed by atoms with E-state index >= 15 is 0 Å². The number of carbonyl (C=O) groups is 1. The highest BCUT2D eigenvalue weighted by atomic mass is 16.3. The van der Waals surface area contributed by atoms with Crippen molar-refractivity contribution in [2.24, 2.45) is 0 Å². The average molecular weight is 277 g/mol. The van der Waals surface area contributed by atoms with E-state index in [0.717, 1.165) is 18.8 Å². The predicted octanol–water partition coefficient (Wildman–Crippen LogP) is 1.08. The molecule has 2 rings (SSSR count). The van der Waals surface area contributed by atoms with Gasteiger partial charge in [0.1, 0.15) is 0 Å². The Hall–Kier alpha value is -1.59. The van der Waals surface area contributed by atoms with Crippen LogP contribution in [0.1, 0.15) is 19.8 Å². The molecule has 3 N–H and O–H groups in total. The molecule has 5 heteroatoms. The molecule has 0 aromatic heterocycles. The maximum atomic E-state index is 12.2. The standard InChI is InChI=1S/C15H23N3O2/c1-15(20)7-9-18(10-8-15)11-14(19)17(2)13-5-3-12(16)4-6-13/h3-6,20H,7-11,16H2,1-2H3. The van der Waals surface area contributed by atoms with Crippen molar-refractivity contribution in [2.75, 3.05) is 37.3 Å². The van der Waals surface area contributed by atoms with Crippen molar-refractivity contribution in [3.05, 3.63) is 24.3 Å². The van der Waals surface area contributed by atoms with Crippen molar-refractivity contribution < 1.29 is 9.90 Å². The van der Waals surface area contributed by atoms with Gasteiger partial charge in [-0.25, -0.2) is 0 Å². The highest BCUT2D eigenvalue weighted by Gasteiger charge is 2.28. The van der Waals surface area contributed by atoms with Gasteiger partial charge in [-0.15, -0.1) is 0 Å². The fraction of sp³-hybridized carbons (Fsp3) is 0.533. The first-order chi connectivity index (χ1) is 9.37. The topological polar surface area (TPSA) is 69.8 Å². The largest absolute Gasteiger partial charge is 0.399 e. The van der Waals surface area contributed by atoms with Crippen LogP contribution in [0.2, 0.25) is 0 Å². The fourth-order valence-electron chi connectivity index (χ4n) is 2.33. The molecule has 110 valence electrons. The molecule has 0 unspecified atom stereocenters. The Morgan fingerprint density at radius 2 is 1.90 bits per heavy atom. The van der Waals surface area contributed by atoms with Crippen LogP contribution >= 0.6 is 0 Å². The molecular weight excluding hydrogens is 254 g/mol. The monoisotopic (exact) mass is 277 g/mol. The van der Waals surface area contributed by atoms with E-state index in [0.29, 0.717) is 25.1 Å². The molecule has 1 aromatic rings. The van der Waals surface area contributed by atoms with Gasteiger partial charge in [0.2, 0.25) is 5.91 Å². The summed E-state index contributed by atoms with van der Waals surface area (Å²) in [6.07, 6.45) is 1.43. The molecule has 0 atom stereocenters. The number of likely N-dealkylation sites (N-methyl/N-ethyl adjacent to an activating group) is 1. The minimum Gasteiger partial charge on any atom is -0.399 e. The zero-order valence-corrected chi connectivity index (χ0v) is 12.2. The second kappa shape index (κ2) is 5.81. The molecule has 1 aliphatic heterocycles. The van der Waals surface area contributed by atoms with Gasteiger partial charge in [0.25, 0.3) is 0 Å². The molecule has 1 heterocycles. The lowest BCUT2D eigenvalue weighted by Gasteiger charge is -2.36. The van der Waals surface area contributed by atoms with E-state index in [1.165, 1.54) is 0 Å². The summed E-state index contributed by atoms with van der Waals surface area (Å²) in [5, 5.41) is 9.91. The Morgan fingerprint density at radius 1 is 1.35 bits per heavy atom. The van der Waals surface area contributed by atoms with Gasteiger partial charge >= 0.3 is 0 Å². The molecule has 0 radical (unpaired) electrons. The Balaban J connectivity index is 1.90. The van der Waals surface area contributed by atoms with Crippen LogP contribution in [0.5, 0.6) is 0 Å². The van der Waals surface area contributed by atoms with Crippen LogP contribution in [0.4, 0.5) is 11.4 Å². The molecule has 0 aliphatic carbocycles. The zero-order valence-electron chi connectivity index (χ0n) is 12.2. The third kappa shape index (κ3) is 3.71. The average Bonchev–Trinajstić information content (AvgIpc) is 2.41. The lowest BCUT2D eigenvalue weighted by molar-refractivity contribution is -0.120. The van der Waals surface area contributed by atoms with Crippen molar-refractivity contribution in [3.63, 3.8) is 0 Å². The SMILES string of the molecule is CN(C(=O)CN1CCC(C)(O)CC1)c1ccc(N)cc1. The van der Waals surface area contributed by atoms with Crippen LogP contribution in [0.3, 0.4) is 0 Å². The molecule has 20 heavy (non-hydrogen) atoms. The number of nitrogens with two attached hydrogens (primary N) is 1. The summed E-state index contributed by atoms with van der Waals surface area (Å²) < 4.78 is 0. The molecule has 0 bridgehead atoms. The van der Waals surface area contributed by atoms with E-state index < -0.39 is 5.60 Å². The molecule has 1 aromatic carbocycles. The van der Waals surface area contributed by atoms with Gasteiger partial charge in [0.05, 0.1) is 12.1 Å². The van der Waals surface area contributed by atoms with Crippen LogP contribution in [0.25, 0.3) is 0 Å². The molecule has 1 amide bonds. The number of benzene rings is 1. The number of likely N-dealkylation sites (tertiary alicyclic amines) is 1. The summed E-state index contributed by atoms with van der Waals surface area (Å²) in [4.78, 5) is 16.0. The van der Waals surface area contributed by atoms with Crippen LogP contribution < -0.4 is 10.6 Å². The molecule has 1 aliphatic rings. The van der Waals surface area contributed by atoms with E-state index in [4.69, 9.17) is 5.73 Å². The Morgan fingerprint density at radius 3 is 2.45 bits per heavy atom. The van der Waals surface area contributed by atoms with Crippen molar-refractivity contribution in [3.8, 4) is 0 Å². The van der Waals surface area contributed by atoms with Crippen molar-refractivity contribution in [1.29, 1.82) is 0 Å². The van der Waals surface area contributed by atoms with Crippen LogP contribution in [0, 0.1) is 0 Å². The van der Waals surface area contributed by atoms with Crippen molar-refractivity contribution in [2.45, 2.75) is 25.4 Å². The number of rotatable bonds is 3. The van der Waals surface area contributed by atoms with E-state index in [2.05, 4.69) is 4.90 Å². The van der Waals surface area contributed by atoms with Gasteiger partial charge in [-0.2, -0.15) is 0 Å². The Kier molecular flexibility index (Phi) is 4.30. The maximum Gasteiger partial charge on any atom is 0.240 e. The minimum atomic E-state index is -0.581. The number of nitrogens with zero attached hydrogens (tertiary/aromatic N) is 2. The number of nitrogen functional groups attached to an aromatic ring is 1. The molecule has 1 fully saturated rings. The Labute approximate surface area is 120 Å². The number of hydrogen-bond acceptors (Lipinski definition) is 4. The lowest BCUT2D eigenvalue weighted by Crippen LogP contribution is -2.46. The summed E-state index contributed by atoms with van der Waals surface area (Å²) in [7, 11) is 1.77. The maximum absolute atomic E-state index is 12.2. The first kappa shape index (κ1) is 14.8. The van der Waals surface area contributed by atoms with Crippen molar-refractivity contribution in [1.82, 2.24) is 4.90 Å². The number of piperidine rings is 1. The van der Waals surface area contributed by atoms with Gasteiger partial charge in [-0.3, -0.25) is 9.69 Å². The molecular formula is C15H23N3O2. The highest BCUT2D eigenvalue weighted by molar-refractivity contribution is 5.94. The third-order valence-corrected chi connectivity index (χ3v) is 3.95. The molecule has 0 saturated carbocycles. The normalized spacial score (nSPS) is 18.8. The van der Waals surface area contributed by atoms with Crippen LogP contribution in [-0.4, -0.2) is 48.2 Å². The molecule has 0 spiro atoms. The summed E-state index contributed by atoms with van der Waals surface area (Å²) in [5.74, 6) is 0.0521. The lowest BCUT2D eigenvalue weighted by atomic mass is 9.94. The second-order valence-corrected chi connectivity index (χ2v) is 5.82. The first-order valence-corrected chi connectivity index (χ1v) is 6.94. The zero-order chi connectivity index (χ0) is 14.8. The van der Waals surface area contributed by atoms with Gasteiger partial charge in [-0.1, -0.05) is 0 Å².